The Morgan fingerprint density at radius 3 is 2.92 bits per heavy atom. The molecule has 2 heterocycles. The smallest absolute Gasteiger partial charge is 0.201 e. The summed E-state index contributed by atoms with van der Waals surface area (Å²) < 4.78 is 5.67. The summed E-state index contributed by atoms with van der Waals surface area (Å²) in [6, 6.07) is 0. The van der Waals surface area contributed by atoms with Crippen LogP contribution in [0, 0.1) is 0 Å². The Bertz CT molecular complexity index is 160. The Kier molecular flexibility index (Phi) is 2.35. The fourth-order valence-corrected chi connectivity index (χ4v) is 2.25. The van der Waals surface area contributed by atoms with Crippen LogP contribution in [0.15, 0.2) is 0 Å². The molecule has 0 spiro atoms. The van der Waals surface area contributed by atoms with Crippen molar-refractivity contribution in [3.63, 3.8) is 0 Å². The highest BCUT2D eigenvalue weighted by atomic mass is 17.1. The summed E-state index contributed by atoms with van der Waals surface area (Å²) in [5.41, 5.74) is 0. The molecule has 2 aliphatic heterocycles. The predicted octanol–water partition coefficient (Wildman–Crippen LogP) is 2.32. The predicted molar refractivity (Wildman–Crippen MR) is 43.6 cm³/mol. The molecule has 2 rings (SSSR count). The van der Waals surface area contributed by atoms with Crippen molar-refractivity contribution in [2.45, 2.75) is 56.8 Å². The van der Waals surface area contributed by atoms with Gasteiger partial charge in [-0.1, -0.05) is 12.8 Å². The van der Waals surface area contributed by atoms with Crippen LogP contribution in [0.25, 0.3) is 0 Å². The largest absolute Gasteiger partial charge is 0.344 e. The number of fused-ring (bicyclic) bond motifs is 2. The zero-order valence-corrected chi connectivity index (χ0v) is 7.29. The third kappa shape index (κ3) is 1.49. The van der Waals surface area contributed by atoms with Gasteiger partial charge in [-0.15, -0.1) is 0 Å². The van der Waals surface area contributed by atoms with E-state index in [-0.39, 0.29) is 0 Å². The molecule has 3 heteroatoms. The molecule has 0 aromatic rings. The molecule has 3 nitrogen and oxygen atoms in total. The van der Waals surface area contributed by atoms with Gasteiger partial charge in [-0.3, -0.25) is 0 Å². The van der Waals surface area contributed by atoms with Gasteiger partial charge in [-0.25, -0.2) is 10.1 Å². The maximum atomic E-state index is 8.76. The summed E-state index contributed by atoms with van der Waals surface area (Å²) in [5, 5.41) is 8.76. The first-order valence-corrected chi connectivity index (χ1v) is 4.85. The van der Waals surface area contributed by atoms with Crippen molar-refractivity contribution in [3.05, 3.63) is 0 Å². The van der Waals surface area contributed by atoms with Crippen molar-refractivity contribution in [2.24, 2.45) is 0 Å². The van der Waals surface area contributed by atoms with Crippen molar-refractivity contribution in [3.8, 4) is 0 Å². The third-order valence-corrected chi connectivity index (χ3v) is 2.98. The van der Waals surface area contributed by atoms with Crippen LogP contribution in [-0.4, -0.2) is 17.1 Å². The van der Waals surface area contributed by atoms with Crippen LogP contribution in [0.5, 0.6) is 0 Å². The Morgan fingerprint density at radius 1 is 1.17 bits per heavy atom. The van der Waals surface area contributed by atoms with Gasteiger partial charge in [0.2, 0.25) is 5.79 Å². The van der Waals surface area contributed by atoms with Crippen LogP contribution >= 0.6 is 0 Å². The summed E-state index contributed by atoms with van der Waals surface area (Å²) >= 11 is 0. The number of rotatable bonds is 1. The monoisotopic (exact) mass is 172 g/mol. The molecule has 0 unspecified atom stereocenters. The first-order valence-electron chi connectivity index (χ1n) is 4.85. The van der Waals surface area contributed by atoms with E-state index in [0.29, 0.717) is 6.10 Å². The minimum atomic E-state index is -0.634. The molecular formula is C9H16O3. The summed E-state index contributed by atoms with van der Waals surface area (Å²) in [6.45, 7) is 0. The molecule has 0 saturated carbocycles. The molecule has 2 atom stereocenters. The summed E-state index contributed by atoms with van der Waals surface area (Å²) in [7, 11) is 0. The standard InChI is InChI=1S/C9H16O3/c10-12-9-6-3-1-2-4-8(11-9)5-7-9/h8,10H,1-7H2/t8-,9-/m0/s1. The first kappa shape index (κ1) is 8.48. The highest BCUT2D eigenvalue weighted by Crippen LogP contribution is 2.38. The van der Waals surface area contributed by atoms with Gasteiger partial charge in [0, 0.05) is 12.8 Å². The topological polar surface area (TPSA) is 38.7 Å². The van der Waals surface area contributed by atoms with E-state index in [2.05, 4.69) is 4.89 Å². The van der Waals surface area contributed by atoms with Crippen LogP contribution in [0.4, 0.5) is 0 Å². The fourth-order valence-electron chi connectivity index (χ4n) is 2.25. The molecule has 0 aromatic carbocycles. The molecule has 2 saturated heterocycles. The Balaban J connectivity index is 2.03. The van der Waals surface area contributed by atoms with Gasteiger partial charge in [0.25, 0.3) is 0 Å². The Labute approximate surface area is 72.6 Å². The maximum Gasteiger partial charge on any atom is 0.201 e. The summed E-state index contributed by atoms with van der Waals surface area (Å²) in [5.74, 6) is -0.634. The average molecular weight is 172 g/mol. The minimum Gasteiger partial charge on any atom is -0.344 e. The SMILES string of the molecule is OO[C@@]12CCCCC[C@@H](CC1)O2. The zero-order chi connectivity index (χ0) is 8.44. The molecular weight excluding hydrogens is 156 g/mol. The van der Waals surface area contributed by atoms with E-state index in [9.17, 15) is 0 Å². The highest BCUT2D eigenvalue weighted by Gasteiger charge is 2.42. The van der Waals surface area contributed by atoms with E-state index >= 15 is 0 Å². The van der Waals surface area contributed by atoms with E-state index in [1.807, 2.05) is 0 Å². The molecule has 0 aliphatic carbocycles. The van der Waals surface area contributed by atoms with Crippen molar-refractivity contribution in [1.82, 2.24) is 0 Å². The van der Waals surface area contributed by atoms with Crippen molar-refractivity contribution in [2.75, 3.05) is 0 Å². The average Bonchev–Trinajstić information content (AvgIpc) is 2.47. The molecule has 0 amide bonds. The lowest BCUT2D eigenvalue weighted by Crippen LogP contribution is -2.32. The molecule has 1 N–H and O–H groups in total. The molecule has 2 fully saturated rings. The van der Waals surface area contributed by atoms with Crippen molar-refractivity contribution in [1.29, 1.82) is 0 Å². The summed E-state index contributed by atoms with van der Waals surface area (Å²) in [6.07, 6.45) is 7.81. The van der Waals surface area contributed by atoms with Crippen LogP contribution in [-0.2, 0) is 9.62 Å². The van der Waals surface area contributed by atoms with Gasteiger partial charge in [0.05, 0.1) is 6.10 Å². The van der Waals surface area contributed by atoms with E-state index in [1.54, 1.807) is 0 Å². The molecule has 2 aliphatic rings. The number of ether oxygens (including phenoxy) is 1. The first-order chi connectivity index (χ1) is 5.85. The van der Waals surface area contributed by atoms with Gasteiger partial charge in [0.15, 0.2) is 0 Å². The van der Waals surface area contributed by atoms with Crippen molar-refractivity contribution >= 4 is 0 Å². The second-order valence-electron chi connectivity index (χ2n) is 3.88. The second kappa shape index (κ2) is 3.32. The maximum absolute atomic E-state index is 8.76. The second-order valence-corrected chi connectivity index (χ2v) is 3.88. The van der Waals surface area contributed by atoms with E-state index in [4.69, 9.17) is 9.99 Å². The lowest BCUT2D eigenvalue weighted by atomic mass is 10.1. The molecule has 2 bridgehead atoms. The van der Waals surface area contributed by atoms with E-state index in [1.165, 1.54) is 12.8 Å². The van der Waals surface area contributed by atoms with Gasteiger partial charge in [-0.05, 0) is 19.3 Å². The van der Waals surface area contributed by atoms with Crippen molar-refractivity contribution < 1.29 is 14.9 Å². The lowest BCUT2D eigenvalue weighted by Gasteiger charge is -2.27. The van der Waals surface area contributed by atoms with Crippen LogP contribution in [0.3, 0.4) is 0 Å². The highest BCUT2D eigenvalue weighted by molar-refractivity contribution is 4.82. The van der Waals surface area contributed by atoms with E-state index in [0.717, 1.165) is 32.1 Å². The normalized spacial score (nSPS) is 42.2. The molecule has 0 radical (unpaired) electrons. The van der Waals surface area contributed by atoms with Gasteiger partial charge >= 0.3 is 0 Å². The molecule has 12 heavy (non-hydrogen) atoms. The number of hydrogen-bond donors (Lipinski definition) is 1. The molecule has 70 valence electrons. The van der Waals surface area contributed by atoms with Crippen LogP contribution in [0.1, 0.15) is 44.9 Å². The zero-order valence-electron chi connectivity index (χ0n) is 7.29. The fraction of sp³-hybridized carbons (Fsp3) is 1.00. The van der Waals surface area contributed by atoms with Crippen LogP contribution < -0.4 is 0 Å². The van der Waals surface area contributed by atoms with Gasteiger partial charge in [0.1, 0.15) is 0 Å². The quantitative estimate of drug-likeness (QED) is 0.487. The Hall–Kier alpha value is -0.120. The van der Waals surface area contributed by atoms with Gasteiger partial charge in [-0.2, -0.15) is 0 Å². The molecule has 0 aromatic heterocycles. The van der Waals surface area contributed by atoms with Gasteiger partial charge < -0.3 is 4.74 Å². The third-order valence-electron chi connectivity index (χ3n) is 2.98. The summed E-state index contributed by atoms with van der Waals surface area (Å²) in [4.78, 5) is 4.48. The van der Waals surface area contributed by atoms with E-state index < -0.39 is 5.79 Å². The Morgan fingerprint density at radius 2 is 2.08 bits per heavy atom. The van der Waals surface area contributed by atoms with Crippen LogP contribution in [0.2, 0.25) is 0 Å². The lowest BCUT2D eigenvalue weighted by molar-refractivity contribution is -0.401. The number of hydrogen-bond acceptors (Lipinski definition) is 3. The minimum absolute atomic E-state index is 0.331.